The van der Waals surface area contributed by atoms with Crippen molar-refractivity contribution in [2.24, 2.45) is 17.4 Å². The van der Waals surface area contributed by atoms with Crippen molar-refractivity contribution in [2.45, 2.75) is 33.2 Å². The molecule has 0 radical (unpaired) electrons. The monoisotopic (exact) mass is 353 g/mol. The van der Waals surface area contributed by atoms with Crippen LogP contribution in [0.25, 0.3) is 0 Å². The molecule has 1 rings (SSSR count). The molecule has 0 bridgehead atoms. The molecule has 0 fully saturated rings. The number of nitrogens with two attached hydrogens (primary N) is 2. The number of nitrogens with one attached hydrogen (secondary N) is 1. The molecule has 24 heavy (non-hydrogen) atoms. The third-order valence-electron chi connectivity index (χ3n) is 3.99. The molecular formula is C18H28ClN3O2. The summed E-state index contributed by atoms with van der Waals surface area (Å²) in [5.41, 5.74) is 13.7. The highest BCUT2D eigenvalue weighted by atomic mass is 35.5. The summed E-state index contributed by atoms with van der Waals surface area (Å²) in [4.78, 5) is 0. The van der Waals surface area contributed by atoms with Crippen LogP contribution in [0.1, 0.15) is 32.3 Å². The highest BCUT2D eigenvalue weighted by Gasteiger charge is 2.12. The van der Waals surface area contributed by atoms with Crippen LogP contribution in [0.5, 0.6) is 11.5 Å². The first-order valence-corrected chi connectivity index (χ1v) is 8.41. The molecule has 1 aromatic carbocycles. The van der Waals surface area contributed by atoms with Gasteiger partial charge in [0.15, 0.2) is 0 Å². The molecule has 0 aliphatic carbocycles. The van der Waals surface area contributed by atoms with Crippen molar-refractivity contribution in [1.82, 2.24) is 5.32 Å². The lowest BCUT2D eigenvalue weighted by atomic mass is 9.94. The van der Waals surface area contributed by atoms with Gasteiger partial charge in [0.05, 0.1) is 20.0 Å². The van der Waals surface area contributed by atoms with Crippen LogP contribution in [0.2, 0.25) is 0 Å². The van der Waals surface area contributed by atoms with Crippen molar-refractivity contribution in [3.8, 4) is 11.5 Å². The van der Waals surface area contributed by atoms with Gasteiger partial charge in [-0.15, -0.1) is 0 Å². The van der Waals surface area contributed by atoms with E-state index in [-0.39, 0.29) is 5.16 Å². The molecule has 0 saturated heterocycles. The van der Waals surface area contributed by atoms with Gasteiger partial charge in [-0.05, 0) is 42.5 Å². The second-order valence-corrected chi connectivity index (χ2v) is 5.85. The largest absolute Gasteiger partial charge is 0.497 e. The molecule has 5 nitrogen and oxygen atoms in total. The molecule has 0 saturated carbocycles. The fraction of sp³-hybridized carbons (Fsp3) is 0.444. The van der Waals surface area contributed by atoms with Crippen molar-refractivity contribution in [3.63, 3.8) is 0 Å². The zero-order valence-corrected chi connectivity index (χ0v) is 15.6. The normalized spacial score (nSPS) is 12.8. The Morgan fingerprint density at radius 2 is 1.88 bits per heavy atom. The van der Waals surface area contributed by atoms with E-state index in [1.807, 2.05) is 24.3 Å². The van der Waals surface area contributed by atoms with E-state index in [4.69, 9.17) is 32.5 Å². The minimum atomic E-state index is 0.287. The van der Waals surface area contributed by atoms with E-state index >= 15 is 0 Å². The lowest BCUT2D eigenvalue weighted by Gasteiger charge is -2.17. The summed E-state index contributed by atoms with van der Waals surface area (Å²) in [5.74, 6) is 2.28. The molecule has 1 aromatic rings. The number of rotatable bonds is 9. The van der Waals surface area contributed by atoms with Crippen LogP contribution in [0.3, 0.4) is 0 Å². The third-order valence-corrected chi connectivity index (χ3v) is 4.21. The minimum Gasteiger partial charge on any atom is -0.497 e. The van der Waals surface area contributed by atoms with Crippen LogP contribution in [-0.4, -0.2) is 14.2 Å². The quantitative estimate of drug-likeness (QED) is 0.468. The Kier molecular flexibility index (Phi) is 8.33. The van der Waals surface area contributed by atoms with E-state index in [9.17, 15) is 0 Å². The number of allylic oxidation sites excluding steroid dienone is 2. The molecule has 0 amide bonds. The first-order chi connectivity index (χ1) is 11.5. The number of ether oxygens (including phenoxy) is 2. The number of methoxy groups -OCH3 is 2. The summed E-state index contributed by atoms with van der Waals surface area (Å²) >= 11 is 6.03. The standard InChI is InChI=1S/C18H28ClN3O2/c1-5-12(6-2)15(18(19)21)10-17(20)22-11-13-7-8-14(23-3)9-16(13)24-4/h7-10,12,22H,5-6,11,20-21H2,1-4H3/b17-10+,18-15+. The topological polar surface area (TPSA) is 82.5 Å². The smallest absolute Gasteiger partial charge is 0.127 e. The Morgan fingerprint density at radius 1 is 1.21 bits per heavy atom. The zero-order valence-electron chi connectivity index (χ0n) is 14.9. The molecule has 0 aliphatic heterocycles. The molecule has 0 unspecified atom stereocenters. The second-order valence-electron chi connectivity index (χ2n) is 5.45. The van der Waals surface area contributed by atoms with Gasteiger partial charge in [0, 0.05) is 18.2 Å². The van der Waals surface area contributed by atoms with E-state index in [2.05, 4.69) is 19.2 Å². The van der Waals surface area contributed by atoms with E-state index in [0.29, 0.717) is 18.3 Å². The van der Waals surface area contributed by atoms with Gasteiger partial charge in [0.25, 0.3) is 0 Å². The zero-order chi connectivity index (χ0) is 18.1. The van der Waals surface area contributed by atoms with Gasteiger partial charge in [0.1, 0.15) is 16.7 Å². The molecule has 0 heterocycles. The van der Waals surface area contributed by atoms with Crippen LogP contribution >= 0.6 is 11.6 Å². The first-order valence-electron chi connectivity index (χ1n) is 8.03. The maximum atomic E-state index is 6.09. The maximum Gasteiger partial charge on any atom is 0.127 e. The van der Waals surface area contributed by atoms with Crippen molar-refractivity contribution >= 4 is 11.6 Å². The maximum absolute atomic E-state index is 6.09. The highest BCUT2D eigenvalue weighted by molar-refractivity contribution is 6.29. The lowest BCUT2D eigenvalue weighted by Crippen LogP contribution is -2.21. The minimum absolute atomic E-state index is 0.287. The number of benzene rings is 1. The van der Waals surface area contributed by atoms with Crippen LogP contribution in [0, 0.1) is 5.92 Å². The molecular weight excluding hydrogens is 326 g/mol. The summed E-state index contributed by atoms with van der Waals surface area (Å²) < 4.78 is 10.6. The van der Waals surface area contributed by atoms with E-state index in [0.717, 1.165) is 35.5 Å². The van der Waals surface area contributed by atoms with Crippen molar-refractivity contribution in [2.75, 3.05) is 14.2 Å². The lowest BCUT2D eigenvalue weighted by molar-refractivity contribution is 0.390. The Hall–Kier alpha value is -2.01. The Morgan fingerprint density at radius 3 is 2.38 bits per heavy atom. The average molecular weight is 354 g/mol. The molecule has 0 spiro atoms. The van der Waals surface area contributed by atoms with Crippen LogP contribution in [0.15, 0.2) is 40.8 Å². The second kappa shape index (κ2) is 9.98. The summed E-state index contributed by atoms with van der Waals surface area (Å²) in [5, 5.41) is 3.46. The number of hydrogen-bond donors (Lipinski definition) is 3. The van der Waals surface area contributed by atoms with Crippen molar-refractivity contribution in [1.29, 1.82) is 0 Å². The Balaban J connectivity index is 2.88. The van der Waals surface area contributed by atoms with Gasteiger partial charge < -0.3 is 26.3 Å². The number of hydrogen-bond acceptors (Lipinski definition) is 5. The number of halogens is 1. The molecule has 0 atom stereocenters. The van der Waals surface area contributed by atoms with Gasteiger partial charge in [-0.3, -0.25) is 0 Å². The fourth-order valence-corrected chi connectivity index (χ4v) is 2.73. The van der Waals surface area contributed by atoms with E-state index in [1.54, 1.807) is 14.2 Å². The van der Waals surface area contributed by atoms with Gasteiger partial charge in [-0.25, -0.2) is 0 Å². The van der Waals surface area contributed by atoms with E-state index in [1.165, 1.54) is 0 Å². The van der Waals surface area contributed by atoms with E-state index < -0.39 is 0 Å². The molecule has 0 aliphatic rings. The van der Waals surface area contributed by atoms with Crippen LogP contribution < -0.4 is 26.3 Å². The molecule has 134 valence electrons. The summed E-state index contributed by atoms with van der Waals surface area (Å²) in [7, 11) is 3.25. The predicted octanol–water partition coefficient (Wildman–Crippen LogP) is 3.44. The van der Waals surface area contributed by atoms with Crippen molar-refractivity contribution in [3.05, 3.63) is 46.4 Å². The first kappa shape index (κ1) is 20.0. The highest BCUT2D eigenvalue weighted by Crippen LogP contribution is 2.25. The summed E-state index contributed by atoms with van der Waals surface area (Å²) in [6.07, 6.45) is 3.72. The third kappa shape index (κ3) is 5.57. The molecule has 0 aromatic heterocycles. The SMILES string of the molecule is CCC(CC)C(/C=C(\N)NCc1ccc(OC)cc1OC)=C(/N)Cl. The van der Waals surface area contributed by atoms with Crippen molar-refractivity contribution < 1.29 is 9.47 Å². The van der Waals surface area contributed by atoms with Gasteiger partial charge in [0.2, 0.25) is 0 Å². The van der Waals surface area contributed by atoms with Gasteiger partial charge in [-0.1, -0.05) is 25.4 Å². The van der Waals surface area contributed by atoms with Crippen LogP contribution in [-0.2, 0) is 6.54 Å². The Bertz CT molecular complexity index is 592. The molecule has 5 N–H and O–H groups in total. The Labute approximate surface area is 149 Å². The van der Waals surface area contributed by atoms with Gasteiger partial charge in [-0.2, -0.15) is 0 Å². The molecule has 6 heteroatoms. The summed E-state index contributed by atoms with van der Waals surface area (Å²) in [6, 6.07) is 5.65. The average Bonchev–Trinajstić information content (AvgIpc) is 2.59. The van der Waals surface area contributed by atoms with Gasteiger partial charge >= 0.3 is 0 Å². The fourth-order valence-electron chi connectivity index (χ4n) is 2.52. The predicted molar refractivity (Wildman–Crippen MR) is 99.8 cm³/mol. The van der Waals surface area contributed by atoms with Crippen LogP contribution in [0.4, 0.5) is 0 Å². The summed E-state index contributed by atoms with van der Waals surface area (Å²) in [6.45, 7) is 4.73.